The van der Waals surface area contributed by atoms with Crippen molar-refractivity contribution in [2.75, 3.05) is 11.9 Å². The topological polar surface area (TPSA) is 137 Å². The maximum Gasteiger partial charge on any atom is 0.255 e. The van der Waals surface area contributed by atoms with Crippen molar-refractivity contribution < 1.29 is 28.4 Å². The van der Waals surface area contributed by atoms with Crippen molar-refractivity contribution in [1.29, 1.82) is 0 Å². The van der Waals surface area contributed by atoms with Gasteiger partial charge in [-0.1, -0.05) is 79.2 Å². The molecule has 1 aliphatic carbocycles. The second-order valence-electron chi connectivity index (χ2n) is 15.3. The number of hydrogen-bond acceptors (Lipinski definition) is 6. The number of rotatable bonds is 9. The number of nitrogens with one attached hydrogen (secondary N) is 4. The molecule has 4 N–H and O–H groups in total. The van der Waals surface area contributed by atoms with Gasteiger partial charge < -0.3 is 15.5 Å². The van der Waals surface area contributed by atoms with Crippen LogP contribution in [0.2, 0.25) is 10.0 Å². The first-order valence-corrected chi connectivity index (χ1v) is 19.7. The van der Waals surface area contributed by atoms with E-state index in [1.54, 1.807) is 35.2 Å². The number of halogens is 3. The summed E-state index contributed by atoms with van der Waals surface area (Å²) in [6.07, 6.45) is 7.53. The molecule has 4 aliphatic heterocycles. The number of unbranched alkanes of at least 4 members (excludes halogenated alkanes) is 2. The van der Waals surface area contributed by atoms with E-state index in [0.717, 1.165) is 49.7 Å². The summed E-state index contributed by atoms with van der Waals surface area (Å²) in [6, 6.07) is 14.1. The highest BCUT2D eigenvalue weighted by molar-refractivity contribution is 6.31. The van der Waals surface area contributed by atoms with Gasteiger partial charge in [-0.05, 0) is 85.0 Å². The number of benzene rings is 3. The number of aryl methyl sites for hydroxylation is 1. The summed E-state index contributed by atoms with van der Waals surface area (Å²) in [7, 11) is 0. The van der Waals surface area contributed by atoms with Crippen LogP contribution in [0.15, 0.2) is 54.6 Å². The molecule has 0 bridgehead atoms. The first-order valence-electron chi connectivity index (χ1n) is 18.9. The molecule has 3 fully saturated rings. The number of carbonyl (C=O) groups is 5. The number of hydrogen-bond donors (Lipinski definition) is 4. The zero-order valence-electron chi connectivity index (χ0n) is 29.7. The first-order chi connectivity index (χ1) is 26.1. The van der Waals surface area contributed by atoms with E-state index in [4.69, 9.17) is 23.2 Å². The quantitative estimate of drug-likeness (QED) is 0.154. The van der Waals surface area contributed by atoms with Gasteiger partial charge in [-0.2, -0.15) is 0 Å². The minimum Gasteiger partial charge on any atom is -0.355 e. The Morgan fingerprint density at radius 2 is 1.74 bits per heavy atom. The maximum atomic E-state index is 16.1. The summed E-state index contributed by atoms with van der Waals surface area (Å²) < 4.78 is 16.1. The number of imide groups is 1. The van der Waals surface area contributed by atoms with Crippen LogP contribution in [0.25, 0.3) is 0 Å². The highest BCUT2D eigenvalue weighted by Gasteiger charge is 2.72. The molecular weight excluding hydrogens is 732 g/mol. The number of anilines is 1. The van der Waals surface area contributed by atoms with Crippen LogP contribution in [0.5, 0.6) is 0 Å². The van der Waals surface area contributed by atoms with Crippen molar-refractivity contribution >= 4 is 58.4 Å². The van der Waals surface area contributed by atoms with E-state index in [1.807, 2.05) is 18.2 Å². The van der Waals surface area contributed by atoms with Crippen LogP contribution < -0.4 is 21.3 Å². The zero-order valence-corrected chi connectivity index (χ0v) is 31.3. The fraction of sp³-hybridized carbons (Fsp3) is 0.439. The molecule has 282 valence electrons. The molecule has 4 atom stereocenters. The average molecular weight is 775 g/mol. The summed E-state index contributed by atoms with van der Waals surface area (Å²) in [5, 5.41) is 12.6. The lowest BCUT2D eigenvalue weighted by atomic mass is 9.55. The van der Waals surface area contributed by atoms with Gasteiger partial charge in [0.15, 0.2) is 0 Å². The lowest BCUT2D eigenvalue weighted by Crippen LogP contribution is -2.60. The zero-order chi connectivity index (χ0) is 37.8. The lowest BCUT2D eigenvalue weighted by molar-refractivity contribution is -0.137. The molecule has 10 nitrogen and oxygen atoms in total. The Labute approximate surface area is 322 Å². The Bertz CT molecular complexity index is 2070. The van der Waals surface area contributed by atoms with Crippen molar-refractivity contribution in [3.8, 4) is 0 Å². The minimum atomic E-state index is -1.29. The van der Waals surface area contributed by atoms with E-state index >= 15 is 4.39 Å². The summed E-state index contributed by atoms with van der Waals surface area (Å²) in [5.74, 6) is -3.05. The third kappa shape index (κ3) is 5.90. The Morgan fingerprint density at radius 3 is 2.54 bits per heavy atom. The van der Waals surface area contributed by atoms with E-state index in [1.165, 1.54) is 6.07 Å². The third-order valence-electron chi connectivity index (χ3n) is 12.4. The second kappa shape index (κ2) is 14.4. The summed E-state index contributed by atoms with van der Waals surface area (Å²) >= 11 is 12.7. The predicted molar refractivity (Wildman–Crippen MR) is 202 cm³/mol. The molecule has 4 heterocycles. The van der Waals surface area contributed by atoms with Gasteiger partial charge >= 0.3 is 0 Å². The van der Waals surface area contributed by atoms with Gasteiger partial charge in [0.2, 0.25) is 23.6 Å². The molecule has 5 amide bonds. The molecule has 54 heavy (non-hydrogen) atoms. The molecule has 5 aliphatic rings. The molecule has 0 unspecified atom stereocenters. The Morgan fingerprint density at radius 1 is 0.944 bits per heavy atom. The number of amides is 5. The summed E-state index contributed by atoms with van der Waals surface area (Å²) in [6.45, 7) is 0.711. The van der Waals surface area contributed by atoms with Crippen molar-refractivity contribution in [1.82, 2.24) is 20.9 Å². The van der Waals surface area contributed by atoms with Crippen LogP contribution in [0.1, 0.15) is 103 Å². The molecule has 3 aromatic carbocycles. The molecule has 2 spiro atoms. The van der Waals surface area contributed by atoms with Crippen LogP contribution in [0.3, 0.4) is 0 Å². The van der Waals surface area contributed by atoms with Crippen molar-refractivity contribution in [2.45, 2.75) is 106 Å². The molecule has 2 saturated heterocycles. The standard InChI is InChI=1S/C41H42Cl2FN5O5/c42-24-14-15-28-30(21-24)46-39(54)41(28)33(26-12-8-13-29(43)34(26)44)35(48-40(41)18-4-2-5-19-40)37(52)45-20-6-1-3-9-23-10-7-11-25-27(23)22-49(38(25)53)31-16-17-32(50)47-36(31)51/h7-8,10-15,21,31,33,35,48H,1-6,9,16-20,22H2,(H,45,52)(H,46,54)(H,47,50,51)/t31-,33+,35-,41-/m1/s1. The van der Waals surface area contributed by atoms with Gasteiger partial charge in [-0.15, -0.1) is 0 Å². The highest BCUT2D eigenvalue weighted by Crippen LogP contribution is 2.62. The van der Waals surface area contributed by atoms with Crippen molar-refractivity contribution in [3.05, 3.63) is 98.3 Å². The monoisotopic (exact) mass is 773 g/mol. The van der Waals surface area contributed by atoms with Crippen molar-refractivity contribution in [3.63, 3.8) is 0 Å². The largest absolute Gasteiger partial charge is 0.355 e. The molecule has 1 saturated carbocycles. The smallest absolute Gasteiger partial charge is 0.255 e. The fourth-order valence-electron chi connectivity index (χ4n) is 10.0. The number of piperidine rings is 1. The van der Waals surface area contributed by atoms with Crippen LogP contribution >= 0.6 is 23.2 Å². The summed E-state index contributed by atoms with van der Waals surface area (Å²) in [4.78, 5) is 67.8. The first kappa shape index (κ1) is 36.6. The predicted octanol–water partition coefficient (Wildman–Crippen LogP) is 6.07. The van der Waals surface area contributed by atoms with Crippen molar-refractivity contribution in [2.24, 2.45) is 0 Å². The van der Waals surface area contributed by atoms with E-state index < -0.39 is 40.7 Å². The van der Waals surface area contributed by atoms with Gasteiger partial charge in [0.1, 0.15) is 17.3 Å². The van der Waals surface area contributed by atoms with Crippen LogP contribution in [0.4, 0.5) is 10.1 Å². The second-order valence-corrected chi connectivity index (χ2v) is 16.1. The minimum absolute atomic E-state index is 0.0711. The van der Waals surface area contributed by atoms with E-state index in [9.17, 15) is 24.0 Å². The third-order valence-corrected chi connectivity index (χ3v) is 12.9. The van der Waals surface area contributed by atoms with Gasteiger partial charge in [-0.25, -0.2) is 4.39 Å². The number of fused-ring (bicyclic) bond motifs is 4. The molecule has 0 radical (unpaired) electrons. The average Bonchev–Trinajstić information content (AvgIpc) is 3.75. The number of nitrogens with zero attached hydrogens (tertiary/aromatic N) is 1. The normalized spacial score (nSPS) is 25.5. The van der Waals surface area contributed by atoms with Gasteiger partial charge in [-0.3, -0.25) is 34.6 Å². The highest BCUT2D eigenvalue weighted by atomic mass is 35.5. The maximum absolute atomic E-state index is 16.1. The molecule has 8 rings (SSSR count). The van der Waals surface area contributed by atoms with Crippen LogP contribution in [-0.4, -0.2) is 58.6 Å². The SMILES string of the molecule is O=C1CC[C@@H](N2Cc3c(CCCCCNC(=O)[C@@H]4NC5(CCCCC5)[C@@]5(C(=O)Nc6cc(Cl)ccc65)[C@H]4c4cccc(Cl)c4F)cccc3C2=O)C(=O)N1. The van der Waals surface area contributed by atoms with Gasteiger partial charge in [0.25, 0.3) is 5.91 Å². The summed E-state index contributed by atoms with van der Waals surface area (Å²) in [5.41, 5.74) is 1.96. The Kier molecular flexibility index (Phi) is 9.77. The van der Waals surface area contributed by atoms with Gasteiger partial charge in [0, 0.05) is 47.2 Å². The molecule has 0 aromatic heterocycles. The molecule has 13 heteroatoms. The lowest BCUT2D eigenvalue weighted by Gasteiger charge is -2.47. The Hall–Kier alpha value is -4.32. The Balaban J connectivity index is 0.974. The molecular formula is C41H42Cl2FN5O5. The van der Waals surface area contributed by atoms with E-state index in [0.29, 0.717) is 60.6 Å². The fourth-order valence-corrected chi connectivity index (χ4v) is 10.4. The van der Waals surface area contributed by atoms with E-state index in [2.05, 4.69) is 21.3 Å². The van der Waals surface area contributed by atoms with E-state index in [-0.39, 0.29) is 40.6 Å². The number of carbonyl (C=O) groups excluding carboxylic acids is 5. The van der Waals surface area contributed by atoms with Crippen LogP contribution in [0, 0.1) is 5.82 Å². The van der Waals surface area contributed by atoms with Crippen LogP contribution in [-0.2, 0) is 37.6 Å². The van der Waals surface area contributed by atoms with Gasteiger partial charge in [0.05, 0.1) is 11.1 Å². The molecule has 3 aromatic rings.